The predicted octanol–water partition coefficient (Wildman–Crippen LogP) is 1.16. The van der Waals surface area contributed by atoms with E-state index < -0.39 is 17.9 Å². The molecule has 18 heavy (non-hydrogen) atoms. The van der Waals surface area contributed by atoms with E-state index in [1.54, 1.807) is 18.8 Å². The second-order valence-electron chi connectivity index (χ2n) is 4.02. The normalized spacial score (nSPS) is 11.7. The number of imide groups is 1. The summed E-state index contributed by atoms with van der Waals surface area (Å²) in [4.78, 5) is 34.7. The summed E-state index contributed by atoms with van der Waals surface area (Å²) in [7, 11) is 1.63. The number of amides is 3. The van der Waals surface area contributed by atoms with Gasteiger partial charge in [0.25, 0.3) is 0 Å². The molecule has 104 valence electrons. The van der Waals surface area contributed by atoms with Gasteiger partial charge in [0.15, 0.2) is 0 Å². The zero-order valence-corrected chi connectivity index (χ0v) is 11.7. The van der Waals surface area contributed by atoms with E-state index in [1.165, 1.54) is 4.90 Å². The Balaban J connectivity index is 3.99. The van der Waals surface area contributed by atoms with Crippen LogP contribution in [0.1, 0.15) is 26.2 Å². The lowest BCUT2D eigenvalue weighted by molar-refractivity contribution is -0.137. The number of thioether (sulfide) groups is 1. The van der Waals surface area contributed by atoms with Crippen LogP contribution in [0.3, 0.4) is 0 Å². The molecule has 0 aliphatic heterocycles. The highest BCUT2D eigenvalue weighted by Crippen LogP contribution is 2.04. The highest BCUT2D eigenvalue weighted by atomic mass is 32.2. The Kier molecular flexibility index (Phi) is 8.19. The van der Waals surface area contributed by atoms with Gasteiger partial charge in [-0.15, -0.1) is 0 Å². The maximum absolute atomic E-state index is 11.6. The van der Waals surface area contributed by atoms with E-state index in [4.69, 9.17) is 5.11 Å². The molecule has 0 aromatic rings. The Labute approximate surface area is 111 Å². The number of nitrogens with zero attached hydrogens (tertiary/aromatic N) is 1. The summed E-state index contributed by atoms with van der Waals surface area (Å²) in [6, 6.07) is -0.413. The third-order valence-corrected chi connectivity index (χ3v) is 3.25. The second-order valence-corrected chi connectivity index (χ2v) is 4.93. The fraction of sp³-hybridized carbons (Fsp3) is 0.727. The Hall–Kier alpha value is -1.24. The van der Waals surface area contributed by atoms with Crippen molar-refractivity contribution in [3.63, 3.8) is 0 Å². The number of hydrogen-bond acceptors (Lipinski definition) is 4. The Bertz CT molecular complexity index is 309. The smallest absolute Gasteiger partial charge is 0.324 e. The van der Waals surface area contributed by atoms with Crippen molar-refractivity contribution in [3.8, 4) is 0 Å². The standard InChI is InChI=1S/C11H20N2O4S/c1-8(7-18-3)13(2)11(17)12-9(14)5-4-6-10(15)16/h8H,4-7H2,1-3H3,(H,15,16)(H,12,14,17). The molecule has 0 fully saturated rings. The average molecular weight is 276 g/mol. The topological polar surface area (TPSA) is 86.7 Å². The van der Waals surface area contributed by atoms with Crippen molar-refractivity contribution < 1.29 is 19.5 Å². The molecule has 6 nitrogen and oxygen atoms in total. The van der Waals surface area contributed by atoms with Gasteiger partial charge in [0.1, 0.15) is 0 Å². The lowest BCUT2D eigenvalue weighted by atomic mass is 10.2. The minimum atomic E-state index is -0.945. The summed E-state index contributed by atoms with van der Waals surface area (Å²) in [6.07, 6.45) is 2.15. The number of urea groups is 1. The minimum absolute atomic E-state index is 0.0341. The van der Waals surface area contributed by atoms with Gasteiger partial charge in [-0.2, -0.15) is 11.8 Å². The van der Waals surface area contributed by atoms with Crippen LogP contribution in [0.15, 0.2) is 0 Å². The summed E-state index contributed by atoms with van der Waals surface area (Å²) in [5.41, 5.74) is 0. The highest BCUT2D eigenvalue weighted by molar-refractivity contribution is 7.98. The van der Waals surface area contributed by atoms with Gasteiger partial charge in [0.2, 0.25) is 5.91 Å². The van der Waals surface area contributed by atoms with Gasteiger partial charge >= 0.3 is 12.0 Å². The van der Waals surface area contributed by atoms with Crippen LogP contribution in [-0.2, 0) is 9.59 Å². The molecule has 0 aromatic carbocycles. The average Bonchev–Trinajstić information content (AvgIpc) is 2.27. The Morgan fingerprint density at radius 3 is 2.44 bits per heavy atom. The van der Waals surface area contributed by atoms with Crippen molar-refractivity contribution >= 4 is 29.7 Å². The van der Waals surface area contributed by atoms with Gasteiger partial charge in [-0.05, 0) is 19.6 Å². The van der Waals surface area contributed by atoms with E-state index >= 15 is 0 Å². The van der Waals surface area contributed by atoms with Gasteiger partial charge < -0.3 is 10.0 Å². The molecule has 0 saturated heterocycles. The Morgan fingerprint density at radius 1 is 1.33 bits per heavy atom. The highest BCUT2D eigenvalue weighted by Gasteiger charge is 2.17. The number of carbonyl (C=O) groups is 3. The van der Waals surface area contributed by atoms with E-state index in [0.717, 1.165) is 5.75 Å². The van der Waals surface area contributed by atoms with E-state index in [9.17, 15) is 14.4 Å². The second kappa shape index (κ2) is 8.79. The summed E-state index contributed by atoms with van der Waals surface area (Å²) >= 11 is 1.62. The molecule has 0 aromatic heterocycles. The zero-order chi connectivity index (χ0) is 14.1. The van der Waals surface area contributed by atoms with Crippen molar-refractivity contribution in [1.82, 2.24) is 10.2 Å². The van der Waals surface area contributed by atoms with Crippen LogP contribution in [0.25, 0.3) is 0 Å². The van der Waals surface area contributed by atoms with Crippen LogP contribution in [0.4, 0.5) is 4.79 Å². The third kappa shape index (κ3) is 7.16. The number of nitrogens with one attached hydrogen (secondary N) is 1. The van der Waals surface area contributed by atoms with Gasteiger partial charge in [-0.25, -0.2) is 4.79 Å². The lowest BCUT2D eigenvalue weighted by Gasteiger charge is -2.24. The first-order valence-corrected chi connectivity index (χ1v) is 7.05. The monoisotopic (exact) mass is 276 g/mol. The quantitative estimate of drug-likeness (QED) is 0.728. The molecule has 0 aliphatic carbocycles. The van der Waals surface area contributed by atoms with Crippen molar-refractivity contribution in [2.45, 2.75) is 32.2 Å². The van der Waals surface area contributed by atoms with E-state index in [1.807, 2.05) is 13.2 Å². The third-order valence-electron chi connectivity index (χ3n) is 2.43. The first-order chi connectivity index (χ1) is 8.38. The van der Waals surface area contributed by atoms with Gasteiger partial charge in [0, 0.05) is 31.7 Å². The number of rotatable bonds is 7. The molecule has 0 saturated carbocycles. The van der Waals surface area contributed by atoms with E-state index in [0.29, 0.717) is 0 Å². The molecule has 0 bridgehead atoms. The molecule has 0 spiro atoms. The van der Waals surface area contributed by atoms with E-state index in [-0.39, 0.29) is 25.3 Å². The summed E-state index contributed by atoms with van der Waals surface area (Å²) < 4.78 is 0. The number of aliphatic carboxylic acids is 1. The Morgan fingerprint density at radius 2 is 1.94 bits per heavy atom. The molecular formula is C11H20N2O4S. The predicted molar refractivity (Wildman–Crippen MR) is 70.6 cm³/mol. The van der Waals surface area contributed by atoms with Crippen LogP contribution in [0.2, 0.25) is 0 Å². The molecular weight excluding hydrogens is 256 g/mol. The molecule has 0 rings (SSSR count). The molecule has 0 radical (unpaired) electrons. The van der Waals surface area contributed by atoms with Crippen LogP contribution >= 0.6 is 11.8 Å². The van der Waals surface area contributed by atoms with Crippen molar-refractivity contribution in [1.29, 1.82) is 0 Å². The number of hydrogen-bond donors (Lipinski definition) is 2. The van der Waals surface area contributed by atoms with Crippen LogP contribution in [-0.4, -0.2) is 53.0 Å². The molecule has 1 atom stereocenters. The summed E-state index contributed by atoms with van der Waals surface area (Å²) in [6.45, 7) is 1.89. The number of carbonyl (C=O) groups excluding carboxylic acids is 2. The van der Waals surface area contributed by atoms with Crippen molar-refractivity contribution in [3.05, 3.63) is 0 Å². The molecule has 0 heterocycles. The van der Waals surface area contributed by atoms with Crippen LogP contribution in [0, 0.1) is 0 Å². The summed E-state index contributed by atoms with van der Waals surface area (Å²) in [5.74, 6) is -0.596. The molecule has 0 aliphatic rings. The summed E-state index contributed by atoms with van der Waals surface area (Å²) in [5, 5.41) is 10.7. The maximum Gasteiger partial charge on any atom is 0.324 e. The minimum Gasteiger partial charge on any atom is -0.481 e. The fourth-order valence-electron chi connectivity index (χ4n) is 1.22. The molecule has 3 amide bonds. The van der Waals surface area contributed by atoms with Crippen molar-refractivity contribution in [2.24, 2.45) is 0 Å². The lowest BCUT2D eigenvalue weighted by Crippen LogP contribution is -2.45. The molecule has 7 heteroatoms. The maximum atomic E-state index is 11.6. The van der Waals surface area contributed by atoms with Crippen LogP contribution in [0.5, 0.6) is 0 Å². The van der Waals surface area contributed by atoms with Crippen LogP contribution < -0.4 is 5.32 Å². The number of carboxylic acid groups (broad SMARTS) is 1. The number of carboxylic acids is 1. The van der Waals surface area contributed by atoms with Gasteiger partial charge in [-0.3, -0.25) is 14.9 Å². The van der Waals surface area contributed by atoms with Gasteiger partial charge in [-0.1, -0.05) is 0 Å². The molecule has 2 N–H and O–H groups in total. The first kappa shape index (κ1) is 16.8. The van der Waals surface area contributed by atoms with Gasteiger partial charge in [0.05, 0.1) is 0 Å². The van der Waals surface area contributed by atoms with E-state index in [2.05, 4.69) is 5.32 Å². The fourth-order valence-corrected chi connectivity index (χ4v) is 1.93. The zero-order valence-electron chi connectivity index (χ0n) is 10.9. The largest absolute Gasteiger partial charge is 0.481 e. The van der Waals surface area contributed by atoms with Crippen molar-refractivity contribution in [2.75, 3.05) is 19.1 Å². The SMILES string of the molecule is CSCC(C)N(C)C(=O)NC(=O)CCCC(=O)O. The first-order valence-electron chi connectivity index (χ1n) is 5.65. The molecule has 1 unspecified atom stereocenters.